The molecule has 84 valence electrons. The molecule has 0 atom stereocenters. The Labute approximate surface area is 89.0 Å². The Kier molecular flexibility index (Phi) is 4.02. The third-order valence-corrected chi connectivity index (χ3v) is 2.23. The molecule has 0 saturated heterocycles. The van der Waals surface area contributed by atoms with E-state index >= 15 is 0 Å². The van der Waals surface area contributed by atoms with Crippen LogP contribution >= 0.6 is 0 Å². The Morgan fingerprint density at radius 1 is 1.47 bits per heavy atom. The van der Waals surface area contributed by atoms with Crippen molar-refractivity contribution in [2.75, 3.05) is 18.5 Å². The first-order chi connectivity index (χ1) is 7.15. The first-order valence-corrected chi connectivity index (χ1v) is 4.79. The van der Waals surface area contributed by atoms with E-state index in [0.29, 0.717) is 12.4 Å². The first kappa shape index (κ1) is 11.9. The van der Waals surface area contributed by atoms with Crippen molar-refractivity contribution in [1.29, 1.82) is 0 Å². The van der Waals surface area contributed by atoms with Crippen LogP contribution in [0.1, 0.15) is 12.5 Å². The largest absolute Gasteiger partial charge is 0.394 e. The molecule has 5 N–H and O–H groups in total. The zero-order valence-electron chi connectivity index (χ0n) is 8.77. The summed E-state index contributed by atoms with van der Waals surface area (Å²) < 4.78 is 0. The number of aliphatic hydroxyl groups excluding tert-OH is 2. The van der Waals surface area contributed by atoms with Crippen LogP contribution in [-0.2, 0) is 6.54 Å². The summed E-state index contributed by atoms with van der Waals surface area (Å²) >= 11 is 0. The highest BCUT2D eigenvalue weighted by molar-refractivity contribution is 5.45. The summed E-state index contributed by atoms with van der Waals surface area (Å²) in [5, 5.41) is 21.2. The number of aliphatic hydroxyl groups is 2. The van der Waals surface area contributed by atoms with Gasteiger partial charge in [0.05, 0.1) is 18.8 Å². The standard InChI is InChI=1S/C10H17N3O2/c1-10(6-14,7-15)13-9-8(5-11)3-2-4-12-9/h2-4,14-15H,5-7,11H2,1H3,(H,12,13). The number of aromatic nitrogens is 1. The van der Waals surface area contributed by atoms with Crippen molar-refractivity contribution in [3.05, 3.63) is 23.9 Å². The smallest absolute Gasteiger partial charge is 0.130 e. The maximum atomic E-state index is 9.13. The van der Waals surface area contributed by atoms with Gasteiger partial charge in [0.25, 0.3) is 0 Å². The molecule has 5 nitrogen and oxygen atoms in total. The van der Waals surface area contributed by atoms with Crippen molar-refractivity contribution in [3.8, 4) is 0 Å². The fourth-order valence-electron chi connectivity index (χ4n) is 1.13. The van der Waals surface area contributed by atoms with Gasteiger partial charge in [-0.2, -0.15) is 0 Å². The van der Waals surface area contributed by atoms with Gasteiger partial charge in [-0.25, -0.2) is 4.98 Å². The third kappa shape index (κ3) is 2.89. The quantitative estimate of drug-likeness (QED) is 0.536. The SMILES string of the molecule is CC(CO)(CO)Nc1ncccc1CN. The minimum Gasteiger partial charge on any atom is -0.394 e. The molecule has 0 unspecified atom stereocenters. The summed E-state index contributed by atoms with van der Waals surface area (Å²) in [7, 11) is 0. The van der Waals surface area contributed by atoms with Crippen molar-refractivity contribution >= 4 is 5.82 Å². The van der Waals surface area contributed by atoms with Crippen LogP contribution in [0.2, 0.25) is 0 Å². The number of nitrogens with two attached hydrogens (primary N) is 1. The van der Waals surface area contributed by atoms with E-state index in [9.17, 15) is 0 Å². The molecule has 15 heavy (non-hydrogen) atoms. The number of pyridine rings is 1. The van der Waals surface area contributed by atoms with Crippen molar-refractivity contribution in [3.63, 3.8) is 0 Å². The lowest BCUT2D eigenvalue weighted by Gasteiger charge is -2.27. The number of rotatable bonds is 5. The zero-order valence-corrected chi connectivity index (χ0v) is 8.77. The molecule has 5 heteroatoms. The summed E-state index contributed by atoms with van der Waals surface area (Å²) in [4.78, 5) is 4.12. The summed E-state index contributed by atoms with van der Waals surface area (Å²) in [6.45, 7) is 1.72. The number of nitrogens with one attached hydrogen (secondary N) is 1. The molecule has 1 heterocycles. The molecule has 0 saturated carbocycles. The van der Waals surface area contributed by atoms with E-state index in [1.54, 1.807) is 19.2 Å². The predicted molar refractivity (Wildman–Crippen MR) is 58.3 cm³/mol. The lowest BCUT2D eigenvalue weighted by Crippen LogP contribution is -2.43. The molecule has 1 aromatic rings. The number of anilines is 1. The van der Waals surface area contributed by atoms with Crippen LogP contribution in [0.3, 0.4) is 0 Å². The van der Waals surface area contributed by atoms with E-state index in [1.807, 2.05) is 6.07 Å². The Morgan fingerprint density at radius 2 is 2.13 bits per heavy atom. The van der Waals surface area contributed by atoms with Crippen LogP contribution in [0, 0.1) is 0 Å². The van der Waals surface area contributed by atoms with Crippen LogP contribution in [0.25, 0.3) is 0 Å². The van der Waals surface area contributed by atoms with Gasteiger partial charge in [0.2, 0.25) is 0 Å². The van der Waals surface area contributed by atoms with Gasteiger partial charge in [-0.3, -0.25) is 0 Å². The van der Waals surface area contributed by atoms with Gasteiger partial charge in [-0.1, -0.05) is 6.07 Å². The van der Waals surface area contributed by atoms with Crippen LogP contribution in [0.5, 0.6) is 0 Å². The molecule has 1 aromatic heterocycles. The molecule has 0 aliphatic carbocycles. The van der Waals surface area contributed by atoms with Crippen LogP contribution < -0.4 is 11.1 Å². The Morgan fingerprint density at radius 3 is 2.67 bits per heavy atom. The number of nitrogens with zero attached hydrogens (tertiary/aromatic N) is 1. The molecule has 0 fully saturated rings. The summed E-state index contributed by atoms with van der Waals surface area (Å²) in [5.74, 6) is 0.602. The molecule has 0 aromatic carbocycles. The lowest BCUT2D eigenvalue weighted by molar-refractivity contribution is 0.147. The van der Waals surface area contributed by atoms with Gasteiger partial charge >= 0.3 is 0 Å². The maximum absolute atomic E-state index is 9.13. The van der Waals surface area contributed by atoms with Gasteiger partial charge in [0.15, 0.2) is 0 Å². The second kappa shape index (κ2) is 5.06. The highest BCUT2D eigenvalue weighted by Crippen LogP contribution is 2.16. The number of hydrogen-bond donors (Lipinski definition) is 4. The molecular weight excluding hydrogens is 194 g/mol. The topological polar surface area (TPSA) is 91.4 Å². The second-order valence-corrected chi connectivity index (χ2v) is 3.72. The predicted octanol–water partition coefficient (Wildman–Crippen LogP) is -0.305. The van der Waals surface area contributed by atoms with Crippen molar-refractivity contribution < 1.29 is 10.2 Å². The zero-order chi connectivity index (χ0) is 11.3. The van der Waals surface area contributed by atoms with E-state index in [-0.39, 0.29) is 13.2 Å². The Bertz CT molecular complexity index is 313. The van der Waals surface area contributed by atoms with Crippen LogP contribution in [0.15, 0.2) is 18.3 Å². The first-order valence-electron chi connectivity index (χ1n) is 4.79. The monoisotopic (exact) mass is 211 g/mol. The molecule has 0 aliphatic heterocycles. The highest BCUT2D eigenvalue weighted by atomic mass is 16.3. The van der Waals surface area contributed by atoms with Crippen molar-refractivity contribution in [2.45, 2.75) is 19.0 Å². The molecule has 0 amide bonds. The van der Waals surface area contributed by atoms with Crippen molar-refractivity contribution in [2.24, 2.45) is 5.73 Å². The average molecular weight is 211 g/mol. The van der Waals surface area contributed by atoms with E-state index in [1.165, 1.54) is 0 Å². The molecule has 0 bridgehead atoms. The normalized spacial score (nSPS) is 11.5. The van der Waals surface area contributed by atoms with E-state index in [4.69, 9.17) is 15.9 Å². The van der Waals surface area contributed by atoms with E-state index in [2.05, 4.69) is 10.3 Å². The summed E-state index contributed by atoms with van der Waals surface area (Å²) in [6.07, 6.45) is 1.64. The van der Waals surface area contributed by atoms with Gasteiger partial charge in [0.1, 0.15) is 5.82 Å². The molecule has 0 radical (unpaired) electrons. The minimum absolute atomic E-state index is 0.177. The van der Waals surface area contributed by atoms with Gasteiger partial charge in [-0.05, 0) is 13.0 Å². The molecule has 0 spiro atoms. The number of hydrogen-bond acceptors (Lipinski definition) is 5. The summed E-state index contributed by atoms with van der Waals surface area (Å²) in [5.41, 5.74) is 5.62. The van der Waals surface area contributed by atoms with Crippen molar-refractivity contribution in [1.82, 2.24) is 4.98 Å². The lowest BCUT2D eigenvalue weighted by atomic mass is 10.1. The third-order valence-electron chi connectivity index (χ3n) is 2.23. The van der Waals surface area contributed by atoms with Gasteiger partial charge in [0, 0.05) is 18.3 Å². The van der Waals surface area contributed by atoms with E-state index in [0.717, 1.165) is 5.56 Å². The van der Waals surface area contributed by atoms with Crippen LogP contribution in [-0.4, -0.2) is 33.9 Å². The maximum Gasteiger partial charge on any atom is 0.130 e. The highest BCUT2D eigenvalue weighted by Gasteiger charge is 2.23. The fourth-order valence-corrected chi connectivity index (χ4v) is 1.13. The van der Waals surface area contributed by atoms with Crippen LogP contribution in [0.4, 0.5) is 5.82 Å². The minimum atomic E-state index is -0.779. The molecule has 1 rings (SSSR count). The van der Waals surface area contributed by atoms with E-state index < -0.39 is 5.54 Å². The Balaban J connectivity index is 2.87. The summed E-state index contributed by atoms with van der Waals surface area (Å²) in [6, 6.07) is 3.65. The average Bonchev–Trinajstić information content (AvgIpc) is 2.29. The molecule has 0 aliphatic rings. The van der Waals surface area contributed by atoms with Gasteiger partial charge < -0.3 is 21.3 Å². The Hall–Kier alpha value is -1.17. The molecular formula is C10H17N3O2. The second-order valence-electron chi connectivity index (χ2n) is 3.72. The fraction of sp³-hybridized carbons (Fsp3) is 0.500. The van der Waals surface area contributed by atoms with Gasteiger partial charge in [-0.15, -0.1) is 0 Å².